The molecule has 2 aliphatic rings. The number of benzene rings is 6. The zero-order valence-electron chi connectivity index (χ0n) is 71.0. The number of methoxy groups -OCH3 is 3. The second kappa shape index (κ2) is 51.4. The zero-order chi connectivity index (χ0) is 93.0. The summed E-state index contributed by atoms with van der Waals surface area (Å²) in [4.78, 5) is 102. The molecular weight excluding hydrogens is 1760 g/mol. The number of aliphatic imine (C=N–C) groups is 1. The van der Waals surface area contributed by atoms with E-state index in [1.54, 1.807) is 135 Å². The predicted octanol–water partition coefficient (Wildman–Crippen LogP) is 19.5. The number of rotatable bonds is 23. The number of carbonyl (C=O) groups is 7. The van der Waals surface area contributed by atoms with Crippen LogP contribution in [-0.4, -0.2) is 200 Å². The first kappa shape index (κ1) is 114. The molecule has 2 atom stereocenters. The fraction of sp³-hybridized carbons (Fsp3) is 0.416. The number of hydrogen-bond donors (Lipinski definition) is 2. The molecule has 6 aromatic carbocycles. The molecule has 2 amide bonds. The van der Waals surface area contributed by atoms with Gasteiger partial charge in [-0.3, -0.25) is 29.3 Å². The van der Waals surface area contributed by atoms with E-state index in [2.05, 4.69) is 69.7 Å². The van der Waals surface area contributed by atoms with Crippen LogP contribution >= 0.6 is 7.60 Å². The van der Waals surface area contributed by atoms with Gasteiger partial charge in [0.1, 0.15) is 71.1 Å². The van der Waals surface area contributed by atoms with Gasteiger partial charge in [-0.2, -0.15) is 0 Å². The third-order valence-electron chi connectivity index (χ3n) is 16.9. The van der Waals surface area contributed by atoms with Crippen LogP contribution in [0, 0.1) is 0 Å². The monoisotopic (exact) mass is 1870 g/mol. The minimum atomic E-state index is -4.77. The van der Waals surface area contributed by atoms with Gasteiger partial charge in [0.15, 0.2) is 23.1 Å². The van der Waals surface area contributed by atoms with Crippen molar-refractivity contribution in [3.63, 3.8) is 0 Å². The second-order valence-electron chi connectivity index (χ2n) is 30.0. The van der Waals surface area contributed by atoms with Gasteiger partial charge >= 0.3 is 62.7 Å². The van der Waals surface area contributed by atoms with Gasteiger partial charge in [-0.15, -0.1) is 54.8 Å². The Hall–Kier alpha value is -13.0. The summed E-state index contributed by atoms with van der Waals surface area (Å²) in [7, 11) is 2.05. The highest BCUT2D eigenvalue weighted by Gasteiger charge is 2.44. The fourth-order valence-electron chi connectivity index (χ4n) is 11.3. The van der Waals surface area contributed by atoms with Crippen LogP contribution in [0.5, 0.6) is 17.2 Å². The summed E-state index contributed by atoms with van der Waals surface area (Å²) >= 11 is 0. The van der Waals surface area contributed by atoms with Crippen LogP contribution in [0.2, 0.25) is 0 Å². The van der Waals surface area contributed by atoms with E-state index in [-0.39, 0.29) is 66.5 Å². The molecule has 0 bridgehead atoms. The number of amides is 2. The Morgan fingerprint density at radius 2 is 0.847 bits per heavy atom. The first-order chi connectivity index (χ1) is 59.2. The number of alkyl carbamates (subject to hydrolysis) is 2. The average molecular weight is 1870 g/mol. The highest BCUT2D eigenvalue weighted by Crippen LogP contribution is 2.53. The van der Waals surface area contributed by atoms with Gasteiger partial charge in [0.25, 0.3) is 0 Å². The van der Waals surface area contributed by atoms with Crippen LogP contribution in [0.4, 0.5) is 49.1 Å². The van der Waals surface area contributed by atoms with E-state index in [4.69, 9.17) is 32.7 Å². The van der Waals surface area contributed by atoms with Crippen molar-refractivity contribution in [2.75, 3.05) is 55.2 Å². The number of ether oxygens (including phenoxy) is 9. The summed E-state index contributed by atoms with van der Waals surface area (Å²) in [5.41, 5.74) is 1.77. The minimum Gasteiger partial charge on any atom is -0.468 e. The molecule has 718 valence electrons. The molecule has 1 saturated heterocycles. The highest BCUT2D eigenvalue weighted by atomic mass is 31.2. The Kier molecular flexibility index (Phi) is 44.7. The van der Waals surface area contributed by atoms with E-state index in [0.717, 1.165) is 45.3 Å². The van der Waals surface area contributed by atoms with Crippen LogP contribution in [0.3, 0.4) is 0 Å². The topological polar surface area (TPSA) is 370 Å². The SMILES string of the molecule is C.C.C.C.C.C1CCC2=NCCCN2CC1.COC(=O)/C(=C/c1ccc(-c2ncn(-c3ccc(OC(F)(F)F)cc3)n2)cc1)NC(=O)OC(C)(C)C.COC(=O)C(CC(=O)OC(C)(C)C)P(=O)(OC)OC.COC(=O)C(Cc1ccc(-c2ncn(-c3ccc(OC(F)(F)F)cc3)n2)cc1)NC(=O)OC(C)(C)C.O=Cc1ccc(-c2ncn(-c3ccc(OC(F)(F)F)cc3)n2)cc1. The summed E-state index contributed by atoms with van der Waals surface area (Å²) in [6.45, 7) is 18.9. The van der Waals surface area contributed by atoms with Crippen molar-refractivity contribution in [3.8, 4) is 68.5 Å². The van der Waals surface area contributed by atoms with Crippen molar-refractivity contribution >= 4 is 61.9 Å². The highest BCUT2D eigenvalue weighted by molar-refractivity contribution is 7.55. The Bertz CT molecular complexity index is 5180. The first-order valence-corrected chi connectivity index (χ1v) is 40.0. The second-order valence-corrected chi connectivity index (χ2v) is 32.4. The number of nitrogens with zero attached hydrogens (tertiary/aromatic N) is 11. The predicted molar refractivity (Wildman–Crippen MR) is 473 cm³/mol. The minimum absolute atomic E-state index is 0. The third kappa shape index (κ3) is 39.0. The smallest absolute Gasteiger partial charge is 0.468 e. The third-order valence-corrected chi connectivity index (χ3v) is 19.0. The standard InChI is InChI=1S/C24H25F3N4O5.C24H23F3N4O5.C16H10F3N3O2.C11H21O7P.C9H16N2.5CH4/c2*1-23(2,3)36-22(33)29-19(21(32)34-4)13-15-5-7-16(8-6-15)20-28-14-31(30-20)17-9-11-18(12-10-17)35-24(25,26)27;17-16(18,19)24-14-7-5-13(6-8-14)22-10-20-15(21-22)12-3-1-11(9-23)2-4-12;1-11(2,3)18-9(12)7-8(10(13)15-4)19(14,16-5)17-6;1-2-5-9-10-6-4-8-11(9)7-3-1;;;;;/h5-12,14,19H,13H2,1-4H3,(H,29,33);5-14H,1-4H3,(H,29,33);1-10H;8H,7H2,1-6H3;1-8H2;5*1H4/b;19-13-;;;;;;;;. The molecule has 5 heterocycles. The number of nitrogens with one attached hydrogen (secondary N) is 2. The molecule has 32 nitrogen and oxygen atoms in total. The lowest BCUT2D eigenvalue weighted by Crippen LogP contribution is -2.45. The van der Waals surface area contributed by atoms with Gasteiger partial charge in [0.2, 0.25) is 0 Å². The molecule has 42 heteroatoms. The van der Waals surface area contributed by atoms with Crippen molar-refractivity contribution in [2.45, 2.75) is 192 Å². The van der Waals surface area contributed by atoms with Crippen molar-refractivity contribution in [1.29, 1.82) is 0 Å². The Morgan fingerprint density at radius 1 is 0.466 bits per heavy atom. The molecule has 2 N–H and O–H groups in total. The normalized spacial score (nSPS) is 13.0. The maximum absolute atomic E-state index is 12.3. The van der Waals surface area contributed by atoms with Gasteiger partial charge < -0.3 is 61.9 Å². The number of alkyl halides is 9. The van der Waals surface area contributed by atoms with Gasteiger partial charge in [0, 0.05) is 68.9 Å². The lowest BCUT2D eigenvalue weighted by molar-refractivity contribution is -0.275. The quantitative estimate of drug-likeness (QED) is 0.0150. The molecular formula is C89H115F9N13O19P. The number of aldehydes is 1. The molecule has 2 unspecified atom stereocenters. The maximum Gasteiger partial charge on any atom is 0.573 e. The Morgan fingerprint density at radius 3 is 1.21 bits per heavy atom. The van der Waals surface area contributed by atoms with Crippen LogP contribution < -0.4 is 24.8 Å². The summed E-state index contributed by atoms with van der Waals surface area (Å²) in [6.07, 6.45) is -2.98. The van der Waals surface area contributed by atoms with Crippen molar-refractivity contribution < 1.29 is 129 Å². The summed E-state index contributed by atoms with van der Waals surface area (Å²) in [5, 5.41) is 17.9. The first-order valence-electron chi connectivity index (χ1n) is 38.4. The van der Waals surface area contributed by atoms with Gasteiger partial charge in [-0.05, 0) is 172 Å². The Labute approximate surface area is 755 Å². The number of esters is 4. The van der Waals surface area contributed by atoms with E-state index >= 15 is 0 Å². The van der Waals surface area contributed by atoms with E-state index in [0.29, 0.717) is 56.8 Å². The number of amidine groups is 1. The van der Waals surface area contributed by atoms with E-state index < -0.39 is 97.7 Å². The number of halogens is 9. The maximum atomic E-state index is 12.3. The fourth-order valence-corrected chi connectivity index (χ4v) is 12.7. The molecule has 11 rings (SSSR count). The molecule has 0 saturated carbocycles. The van der Waals surface area contributed by atoms with Gasteiger partial charge in [-0.1, -0.05) is 116 Å². The summed E-state index contributed by atoms with van der Waals surface area (Å²) in [5.74, 6) is -1.32. The molecule has 9 aromatic rings. The van der Waals surface area contributed by atoms with Crippen LogP contribution in [-0.2, 0) is 67.6 Å². The molecule has 3 aromatic heterocycles. The summed E-state index contributed by atoms with van der Waals surface area (Å²) in [6, 6.07) is 35.2. The van der Waals surface area contributed by atoms with Crippen molar-refractivity contribution in [1.82, 2.24) is 59.8 Å². The largest absolute Gasteiger partial charge is 0.573 e. The zero-order valence-corrected chi connectivity index (χ0v) is 71.9. The van der Waals surface area contributed by atoms with Gasteiger partial charge in [-0.25, -0.2) is 48.2 Å². The van der Waals surface area contributed by atoms with Crippen molar-refractivity contribution in [2.24, 2.45) is 4.99 Å². The lowest BCUT2D eigenvalue weighted by Gasteiger charge is -2.27. The molecule has 0 spiro atoms. The molecule has 0 aliphatic carbocycles. The van der Waals surface area contributed by atoms with E-state index in [9.17, 15) is 77.6 Å². The van der Waals surface area contributed by atoms with Crippen LogP contribution in [0.15, 0.2) is 175 Å². The number of aromatic nitrogens is 9. The van der Waals surface area contributed by atoms with Crippen molar-refractivity contribution in [3.05, 3.63) is 187 Å². The molecule has 131 heavy (non-hydrogen) atoms. The van der Waals surface area contributed by atoms with E-state index in [1.807, 2.05) is 0 Å². The molecule has 0 radical (unpaired) electrons. The molecule has 2 aliphatic heterocycles. The Balaban J connectivity index is 0.000000574. The average Bonchev–Trinajstić information content (AvgIpc) is 1.37. The van der Waals surface area contributed by atoms with Crippen LogP contribution in [0.25, 0.3) is 57.3 Å². The molecule has 1 fully saturated rings. The number of hydrogen-bond acceptors (Lipinski definition) is 27. The van der Waals surface area contributed by atoms with Crippen LogP contribution in [0.1, 0.15) is 159 Å². The summed E-state index contributed by atoms with van der Waals surface area (Å²) < 4.78 is 177. The number of carbonyl (C=O) groups excluding carboxylic acids is 7. The van der Waals surface area contributed by atoms with E-state index in [1.165, 1.54) is 177 Å². The number of fused-ring (bicyclic) bond motifs is 1. The lowest BCUT2D eigenvalue weighted by atomic mass is 10.0. The van der Waals surface area contributed by atoms with Gasteiger partial charge in [0.05, 0.1) is 50.6 Å².